The van der Waals surface area contributed by atoms with Crippen molar-refractivity contribution in [3.63, 3.8) is 0 Å². The third kappa shape index (κ3) is 5.90. The lowest BCUT2D eigenvalue weighted by Crippen LogP contribution is -2.43. The number of nitrogens with one attached hydrogen (secondary N) is 1. The van der Waals surface area contributed by atoms with Crippen LogP contribution in [0.5, 0.6) is 0 Å². The molecule has 0 aliphatic carbocycles. The highest BCUT2D eigenvalue weighted by atomic mass is 35.5. The molecule has 30 heavy (non-hydrogen) atoms. The first-order valence-electron chi connectivity index (χ1n) is 10.5. The van der Waals surface area contributed by atoms with Crippen LogP contribution in [0.2, 0.25) is 5.02 Å². The second kappa shape index (κ2) is 10.7. The summed E-state index contributed by atoms with van der Waals surface area (Å²) < 4.78 is 0. The van der Waals surface area contributed by atoms with Crippen LogP contribution in [0.3, 0.4) is 0 Å². The minimum atomic E-state index is -0.291. The molecule has 0 unspecified atom stereocenters. The van der Waals surface area contributed by atoms with E-state index in [-0.39, 0.29) is 16.6 Å². The van der Waals surface area contributed by atoms with Crippen molar-refractivity contribution in [1.29, 1.82) is 0 Å². The molecule has 8 heteroatoms. The maximum Gasteiger partial charge on any atom is 0.271 e. The van der Waals surface area contributed by atoms with Gasteiger partial charge in [0, 0.05) is 52.4 Å². The van der Waals surface area contributed by atoms with E-state index in [2.05, 4.69) is 44.3 Å². The summed E-state index contributed by atoms with van der Waals surface area (Å²) in [6, 6.07) is 8.36. The first-order valence-corrected chi connectivity index (χ1v) is 10.9. The Labute approximate surface area is 184 Å². The summed E-state index contributed by atoms with van der Waals surface area (Å²) in [5.74, 6) is 0.226. The van der Waals surface area contributed by atoms with E-state index in [1.807, 2.05) is 30.9 Å². The van der Waals surface area contributed by atoms with Crippen molar-refractivity contribution in [1.82, 2.24) is 25.1 Å². The second-order valence-corrected chi connectivity index (χ2v) is 8.03. The number of piperazine rings is 1. The van der Waals surface area contributed by atoms with Crippen molar-refractivity contribution in [2.75, 3.05) is 51.2 Å². The molecule has 0 bridgehead atoms. The molecule has 1 amide bonds. The smallest absolute Gasteiger partial charge is 0.271 e. The maximum atomic E-state index is 12.7. The predicted molar refractivity (Wildman–Crippen MR) is 121 cm³/mol. The average Bonchev–Trinajstić information content (AvgIpc) is 2.76. The SMILES string of the molecule is CCN(CC)c1ncc(Cl)c(C(=O)NCc2cccc(CN3CCN(C)CC3)c2)n1. The van der Waals surface area contributed by atoms with Crippen molar-refractivity contribution in [3.8, 4) is 0 Å². The van der Waals surface area contributed by atoms with Crippen LogP contribution in [-0.2, 0) is 13.1 Å². The summed E-state index contributed by atoms with van der Waals surface area (Å²) in [6.07, 6.45) is 1.49. The van der Waals surface area contributed by atoms with Crippen LogP contribution in [0.4, 0.5) is 5.95 Å². The average molecular weight is 431 g/mol. The summed E-state index contributed by atoms with van der Waals surface area (Å²) >= 11 is 6.19. The summed E-state index contributed by atoms with van der Waals surface area (Å²) in [6.45, 7) is 11.3. The minimum Gasteiger partial charge on any atom is -0.347 e. The van der Waals surface area contributed by atoms with E-state index in [1.54, 1.807) is 0 Å². The van der Waals surface area contributed by atoms with Crippen molar-refractivity contribution >= 4 is 23.5 Å². The standard InChI is InChI=1S/C22H31ClN6O/c1-4-29(5-2)22-25-15-19(23)20(26-22)21(30)24-14-17-7-6-8-18(13-17)16-28-11-9-27(3)10-12-28/h6-8,13,15H,4-5,9-12,14,16H2,1-3H3,(H,24,30). The topological polar surface area (TPSA) is 64.6 Å². The highest BCUT2D eigenvalue weighted by Crippen LogP contribution is 2.17. The molecule has 0 spiro atoms. The Kier molecular flexibility index (Phi) is 8.01. The molecule has 0 saturated carbocycles. The lowest BCUT2D eigenvalue weighted by Gasteiger charge is -2.32. The van der Waals surface area contributed by atoms with Gasteiger partial charge in [-0.3, -0.25) is 9.69 Å². The molecule has 1 aromatic carbocycles. The Hall–Kier alpha value is -2.22. The quantitative estimate of drug-likeness (QED) is 0.694. The Bertz CT molecular complexity index is 849. The molecular weight excluding hydrogens is 400 g/mol. The van der Waals surface area contributed by atoms with Crippen LogP contribution in [-0.4, -0.2) is 72.0 Å². The molecule has 1 aromatic heterocycles. The van der Waals surface area contributed by atoms with Crippen LogP contribution in [0.1, 0.15) is 35.5 Å². The number of aromatic nitrogens is 2. The molecule has 3 rings (SSSR count). The number of rotatable bonds is 8. The van der Waals surface area contributed by atoms with Crippen LogP contribution < -0.4 is 10.2 Å². The third-order valence-corrected chi connectivity index (χ3v) is 5.72. The molecule has 7 nitrogen and oxygen atoms in total. The van der Waals surface area contributed by atoms with E-state index in [0.717, 1.165) is 51.4 Å². The van der Waals surface area contributed by atoms with Crippen molar-refractivity contribution < 1.29 is 4.79 Å². The number of halogens is 1. The lowest BCUT2D eigenvalue weighted by molar-refractivity contribution is 0.0946. The fourth-order valence-corrected chi connectivity index (χ4v) is 3.72. The first-order chi connectivity index (χ1) is 14.5. The zero-order chi connectivity index (χ0) is 21.5. The molecule has 1 saturated heterocycles. The van der Waals surface area contributed by atoms with E-state index >= 15 is 0 Å². The maximum absolute atomic E-state index is 12.7. The van der Waals surface area contributed by atoms with E-state index in [9.17, 15) is 4.79 Å². The molecule has 1 fully saturated rings. The van der Waals surface area contributed by atoms with E-state index in [0.29, 0.717) is 12.5 Å². The Morgan fingerprint density at radius 3 is 2.57 bits per heavy atom. The van der Waals surface area contributed by atoms with Gasteiger partial charge in [-0.25, -0.2) is 9.97 Å². The molecule has 2 aromatic rings. The van der Waals surface area contributed by atoms with Gasteiger partial charge in [0.05, 0.1) is 11.2 Å². The van der Waals surface area contributed by atoms with Crippen LogP contribution in [0, 0.1) is 0 Å². The molecule has 0 radical (unpaired) electrons. The minimum absolute atomic E-state index is 0.210. The van der Waals surface area contributed by atoms with Crippen molar-refractivity contribution in [2.45, 2.75) is 26.9 Å². The van der Waals surface area contributed by atoms with Gasteiger partial charge in [0.15, 0.2) is 5.69 Å². The number of amides is 1. The van der Waals surface area contributed by atoms with Gasteiger partial charge in [-0.05, 0) is 32.0 Å². The van der Waals surface area contributed by atoms with Gasteiger partial charge in [-0.15, -0.1) is 0 Å². The number of anilines is 1. The molecule has 1 N–H and O–H groups in total. The number of nitrogens with zero attached hydrogens (tertiary/aromatic N) is 5. The zero-order valence-electron chi connectivity index (χ0n) is 18.1. The normalized spacial score (nSPS) is 15.2. The van der Waals surface area contributed by atoms with Crippen LogP contribution >= 0.6 is 11.6 Å². The lowest BCUT2D eigenvalue weighted by atomic mass is 10.1. The molecular formula is C22H31ClN6O. The van der Waals surface area contributed by atoms with Gasteiger partial charge >= 0.3 is 0 Å². The summed E-state index contributed by atoms with van der Waals surface area (Å²) in [5.41, 5.74) is 2.53. The van der Waals surface area contributed by atoms with Gasteiger partial charge < -0.3 is 15.1 Å². The van der Waals surface area contributed by atoms with Crippen molar-refractivity contribution in [3.05, 3.63) is 52.3 Å². The van der Waals surface area contributed by atoms with Crippen molar-refractivity contribution in [2.24, 2.45) is 0 Å². The van der Waals surface area contributed by atoms with Gasteiger partial charge in [0.1, 0.15) is 0 Å². The molecule has 1 aliphatic rings. The number of carbonyl (C=O) groups is 1. The largest absolute Gasteiger partial charge is 0.347 e. The van der Waals surface area contributed by atoms with E-state index < -0.39 is 0 Å². The molecule has 1 aliphatic heterocycles. The Morgan fingerprint density at radius 1 is 1.17 bits per heavy atom. The Balaban J connectivity index is 1.61. The fraction of sp³-hybridized carbons (Fsp3) is 0.500. The molecule has 2 heterocycles. The van der Waals surface area contributed by atoms with Gasteiger partial charge in [-0.2, -0.15) is 0 Å². The van der Waals surface area contributed by atoms with Gasteiger partial charge in [-0.1, -0.05) is 35.9 Å². The summed E-state index contributed by atoms with van der Waals surface area (Å²) in [4.78, 5) is 28.1. The predicted octanol–water partition coefficient (Wildman–Crippen LogP) is 2.65. The van der Waals surface area contributed by atoms with E-state index in [1.165, 1.54) is 11.8 Å². The summed E-state index contributed by atoms with van der Waals surface area (Å²) in [7, 11) is 2.16. The first kappa shape index (κ1) is 22.5. The number of hydrogen-bond acceptors (Lipinski definition) is 6. The number of benzene rings is 1. The zero-order valence-corrected chi connectivity index (χ0v) is 18.8. The Morgan fingerprint density at radius 2 is 1.87 bits per heavy atom. The van der Waals surface area contributed by atoms with E-state index in [4.69, 9.17) is 11.6 Å². The number of hydrogen-bond donors (Lipinski definition) is 1. The fourth-order valence-electron chi connectivity index (χ4n) is 3.54. The monoisotopic (exact) mass is 430 g/mol. The third-order valence-electron chi connectivity index (χ3n) is 5.44. The highest BCUT2D eigenvalue weighted by Gasteiger charge is 2.17. The second-order valence-electron chi connectivity index (χ2n) is 7.62. The number of likely N-dealkylation sites (N-methyl/N-ethyl adjacent to an activating group) is 1. The van der Waals surface area contributed by atoms with Gasteiger partial charge in [0.2, 0.25) is 5.95 Å². The highest BCUT2D eigenvalue weighted by molar-refractivity contribution is 6.33. The van der Waals surface area contributed by atoms with Gasteiger partial charge in [0.25, 0.3) is 5.91 Å². The van der Waals surface area contributed by atoms with Crippen LogP contribution in [0.15, 0.2) is 30.5 Å². The van der Waals surface area contributed by atoms with Crippen LogP contribution in [0.25, 0.3) is 0 Å². The number of carbonyl (C=O) groups excluding carboxylic acids is 1. The molecule has 162 valence electrons. The summed E-state index contributed by atoms with van der Waals surface area (Å²) in [5, 5.41) is 3.20. The molecule has 0 atom stereocenters.